The highest BCUT2D eigenvalue weighted by Gasteiger charge is 2.33. The summed E-state index contributed by atoms with van der Waals surface area (Å²) in [5, 5.41) is 0. The van der Waals surface area contributed by atoms with Crippen molar-refractivity contribution in [2.45, 2.75) is 27.7 Å². The number of ether oxygens (including phenoxy) is 1. The lowest BCUT2D eigenvalue weighted by molar-refractivity contribution is -0.137. The van der Waals surface area contributed by atoms with Gasteiger partial charge in [0.05, 0.1) is 5.56 Å². The van der Waals surface area contributed by atoms with E-state index >= 15 is 0 Å². The summed E-state index contributed by atoms with van der Waals surface area (Å²) in [6, 6.07) is 1.69. The van der Waals surface area contributed by atoms with E-state index in [0.29, 0.717) is 5.56 Å². The van der Waals surface area contributed by atoms with Crippen molar-refractivity contribution in [2.24, 2.45) is 5.92 Å². The Morgan fingerprint density at radius 3 is 2.56 bits per heavy atom. The molecule has 0 saturated carbocycles. The van der Waals surface area contributed by atoms with Gasteiger partial charge in [-0.3, -0.25) is 9.59 Å². The molecule has 4 heteroatoms. The third-order valence-electron chi connectivity index (χ3n) is 2.20. The van der Waals surface area contributed by atoms with Crippen LogP contribution in [0.5, 0.6) is 5.88 Å². The summed E-state index contributed by atoms with van der Waals surface area (Å²) in [5.74, 6) is -1.33. The third-order valence-corrected chi connectivity index (χ3v) is 2.20. The molecule has 0 spiro atoms. The smallest absolute Gasteiger partial charge is 0.323 e. The summed E-state index contributed by atoms with van der Waals surface area (Å²) in [4.78, 5) is 26.7. The highest BCUT2D eigenvalue weighted by molar-refractivity contribution is 6.12. The Bertz CT molecular complexity index is 426. The second kappa shape index (κ2) is 4.88. The first-order valence-corrected chi connectivity index (χ1v) is 5.32. The van der Waals surface area contributed by atoms with Crippen LogP contribution in [-0.2, 0) is 4.79 Å². The molecule has 0 aromatic carbocycles. The Kier molecular flexibility index (Phi) is 3.77. The quantitative estimate of drug-likeness (QED) is 0.497. The van der Waals surface area contributed by atoms with Crippen molar-refractivity contribution in [1.29, 1.82) is 0 Å². The molecule has 4 nitrogen and oxygen atoms in total. The van der Waals surface area contributed by atoms with Crippen molar-refractivity contribution in [3.05, 3.63) is 23.4 Å². The average Bonchev–Trinajstić information content (AvgIpc) is 2.30. The van der Waals surface area contributed by atoms with Gasteiger partial charge in [-0.2, -0.15) is 0 Å². The van der Waals surface area contributed by atoms with Crippen LogP contribution < -0.4 is 4.74 Å². The lowest BCUT2D eigenvalue weighted by Crippen LogP contribution is -2.31. The summed E-state index contributed by atoms with van der Waals surface area (Å²) < 4.78 is 4.90. The van der Waals surface area contributed by atoms with Gasteiger partial charge in [-0.1, -0.05) is 13.8 Å². The summed E-state index contributed by atoms with van der Waals surface area (Å²) in [5.41, 5.74) is 1.28. The van der Waals surface area contributed by atoms with Crippen LogP contribution in [0.1, 0.15) is 36.7 Å². The molecule has 0 saturated heterocycles. The minimum Gasteiger partial charge on any atom is -0.406 e. The van der Waals surface area contributed by atoms with Crippen molar-refractivity contribution in [3.8, 4) is 5.88 Å². The molecule has 0 N–H and O–H groups in total. The molecule has 0 aliphatic carbocycles. The van der Waals surface area contributed by atoms with Crippen molar-refractivity contribution < 1.29 is 14.3 Å². The molecule has 1 unspecified atom stereocenters. The lowest BCUT2D eigenvalue weighted by atomic mass is 9.97. The van der Waals surface area contributed by atoms with Crippen LogP contribution in [0.4, 0.5) is 0 Å². The molecule has 2 heterocycles. The van der Waals surface area contributed by atoms with Crippen LogP contribution in [0.2, 0.25) is 0 Å². The van der Waals surface area contributed by atoms with E-state index in [4.69, 9.17) is 4.74 Å². The summed E-state index contributed by atoms with van der Waals surface area (Å²) in [6.45, 7) is 7.37. The molecule has 16 heavy (non-hydrogen) atoms. The van der Waals surface area contributed by atoms with E-state index in [-0.39, 0.29) is 11.7 Å². The number of nitrogens with zero attached hydrogens (tertiary/aromatic N) is 1. The topological polar surface area (TPSA) is 56.3 Å². The lowest BCUT2D eigenvalue weighted by Gasteiger charge is -2.18. The fourth-order valence-electron chi connectivity index (χ4n) is 1.34. The largest absolute Gasteiger partial charge is 0.406 e. The number of ketones is 1. The van der Waals surface area contributed by atoms with Crippen LogP contribution in [0, 0.1) is 12.8 Å². The van der Waals surface area contributed by atoms with E-state index in [2.05, 4.69) is 4.98 Å². The van der Waals surface area contributed by atoms with Gasteiger partial charge < -0.3 is 4.74 Å². The zero-order valence-corrected chi connectivity index (χ0v) is 9.90. The Balaban J connectivity index is 0.000000606. The minimum atomic E-state index is -0.717. The van der Waals surface area contributed by atoms with Gasteiger partial charge in [-0.05, 0) is 25.5 Å². The zero-order chi connectivity index (χ0) is 12.3. The third kappa shape index (κ3) is 2.10. The van der Waals surface area contributed by atoms with Crippen LogP contribution in [-0.4, -0.2) is 16.7 Å². The molecule has 0 amide bonds. The van der Waals surface area contributed by atoms with Crippen LogP contribution >= 0.6 is 0 Å². The number of pyridine rings is 1. The van der Waals surface area contributed by atoms with Crippen molar-refractivity contribution in [1.82, 2.24) is 4.98 Å². The molecule has 0 radical (unpaired) electrons. The fraction of sp³-hybridized carbons (Fsp3) is 0.417. The Labute approximate surface area is 94.6 Å². The number of hydrogen-bond acceptors (Lipinski definition) is 4. The first-order valence-electron chi connectivity index (χ1n) is 5.32. The number of carbonyl (C=O) groups is 2. The first-order chi connectivity index (χ1) is 7.59. The summed E-state index contributed by atoms with van der Waals surface area (Å²) in [6.07, 6.45) is 1.56. The number of rotatable bonds is 0. The second-order valence-electron chi connectivity index (χ2n) is 3.37. The number of Topliss-reactive ketones (excluding diaryl/α,β-unsaturated/α-hetero) is 1. The molecule has 2 rings (SSSR count). The number of esters is 1. The van der Waals surface area contributed by atoms with Gasteiger partial charge in [0.15, 0.2) is 5.78 Å². The fourth-order valence-corrected chi connectivity index (χ4v) is 1.34. The Hall–Kier alpha value is -1.71. The van der Waals surface area contributed by atoms with Crippen LogP contribution in [0.3, 0.4) is 0 Å². The normalized spacial score (nSPS) is 18.1. The minimum absolute atomic E-state index is 0.128. The van der Waals surface area contributed by atoms with E-state index in [1.54, 1.807) is 12.3 Å². The molecule has 0 bridgehead atoms. The predicted molar refractivity (Wildman–Crippen MR) is 59.5 cm³/mol. The van der Waals surface area contributed by atoms with Crippen LogP contribution in [0.25, 0.3) is 0 Å². The van der Waals surface area contributed by atoms with E-state index in [0.717, 1.165) is 5.56 Å². The molecule has 1 atom stereocenters. The van der Waals surface area contributed by atoms with Gasteiger partial charge in [-0.15, -0.1) is 0 Å². The molecule has 1 aliphatic heterocycles. The predicted octanol–water partition coefficient (Wildman–Crippen LogP) is 2.15. The standard InChI is InChI=1S/C10H9NO3.C2H6/c1-5-3-7-8(12)6(2)10(13)14-9(7)11-4-5;1-2/h3-4,6H,1-2H3;1-2H3. The first kappa shape index (κ1) is 12.4. The molecule has 1 aliphatic rings. The number of aromatic nitrogens is 1. The van der Waals surface area contributed by atoms with Gasteiger partial charge in [0.1, 0.15) is 5.92 Å². The average molecular weight is 221 g/mol. The van der Waals surface area contributed by atoms with Crippen LogP contribution in [0.15, 0.2) is 12.3 Å². The zero-order valence-electron chi connectivity index (χ0n) is 9.90. The SMILES string of the molecule is CC.Cc1cnc2c(c1)C(=O)C(C)C(=O)O2. The van der Waals surface area contributed by atoms with Gasteiger partial charge in [0.2, 0.25) is 5.88 Å². The number of carbonyl (C=O) groups excluding carboxylic acids is 2. The van der Waals surface area contributed by atoms with Gasteiger partial charge in [0.25, 0.3) is 0 Å². The summed E-state index contributed by atoms with van der Waals surface area (Å²) >= 11 is 0. The van der Waals surface area contributed by atoms with Gasteiger partial charge in [-0.25, -0.2) is 4.98 Å². The highest BCUT2D eigenvalue weighted by atomic mass is 16.5. The number of aryl methyl sites for hydroxylation is 1. The number of hydrogen-bond donors (Lipinski definition) is 0. The van der Waals surface area contributed by atoms with Gasteiger partial charge in [0, 0.05) is 6.20 Å². The molecule has 1 aromatic rings. The maximum Gasteiger partial charge on any atom is 0.323 e. The van der Waals surface area contributed by atoms with E-state index < -0.39 is 11.9 Å². The molecular formula is C12H15NO3. The highest BCUT2D eigenvalue weighted by Crippen LogP contribution is 2.26. The van der Waals surface area contributed by atoms with Gasteiger partial charge >= 0.3 is 5.97 Å². The van der Waals surface area contributed by atoms with E-state index in [1.807, 2.05) is 20.8 Å². The van der Waals surface area contributed by atoms with E-state index in [9.17, 15) is 9.59 Å². The molecule has 86 valence electrons. The molecule has 1 aromatic heterocycles. The molecular weight excluding hydrogens is 206 g/mol. The maximum absolute atomic E-state index is 11.6. The Morgan fingerprint density at radius 2 is 1.94 bits per heavy atom. The monoisotopic (exact) mass is 221 g/mol. The van der Waals surface area contributed by atoms with Crippen molar-refractivity contribution >= 4 is 11.8 Å². The number of fused-ring (bicyclic) bond motifs is 1. The maximum atomic E-state index is 11.6. The van der Waals surface area contributed by atoms with Crippen molar-refractivity contribution in [2.75, 3.05) is 0 Å². The van der Waals surface area contributed by atoms with Crippen molar-refractivity contribution in [3.63, 3.8) is 0 Å². The Morgan fingerprint density at radius 1 is 1.31 bits per heavy atom. The molecule has 0 fully saturated rings. The second-order valence-corrected chi connectivity index (χ2v) is 3.37. The van der Waals surface area contributed by atoms with E-state index in [1.165, 1.54) is 6.92 Å². The summed E-state index contributed by atoms with van der Waals surface area (Å²) in [7, 11) is 0.